The molecule has 5 rings (SSSR count). The fourth-order valence-corrected chi connectivity index (χ4v) is 4.42. The van der Waals surface area contributed by atoms with Crippen LogP contribution >= 0.6 is 0 Å². The molecule has 0 bridgehead atoms. The Labute approximate surface area is 212 Å². The molecule has 37 heavy (non-hydrogen) atoms. The van der Waals surface area contributed by atoms with Gasteiger partial charge in [-0.2, -0.15) is 18.3 Å². The third kappa shape index (κ3) is 4.79. The van der Waals surface area contributed by atoms with Crippen LogP contribution in [-0.2, 0) is 13.2 Å². The first kappa shape index (κ1) is 24.5. The lowest BCUT2D eigenvalue weighted by molar-refractivity contribution is -0.141. The number of pyridine rings is 1. The molecule has 3 heterocycles. The maximum atomic E-state index is 13.0. The van der Waals surface area contributed by atoms with Gasteiger partial charge in [0.1, 0.15) is 5.52 Å². The molecule has 3 aromatic heterocycles. The van der Waals surface area contributed by atoms with Crippen LogP contribution < -0.4 is 0 Å². The molecule has 5 aromatic rings. The van der Waals surface area contributed by atoms with Crippen LogP contribution in [0.1, 0.15) is 48.0 Å². The average Bonchev–Trinajstić information content (AvgIpc) is 3.45. The van der Waals surface area contributed by atoms with Crippen LogP contribution in [0.5, 0.6) is 0 Å². The number of rotatable bonds is 5. The number of halogens is 3. The first-order valence-corrected chi connectivity index (χ1v) is 12.0. The maximum absolute atomic E-state index is 13.0. The molecule has 0 fully saturated rings. The normalized spacial score (nSPS) is 12.3. The molecule has 0 radical (unpaired) electrons. The molecule has 0 atom stereocenters. The topological polar surface area (TPSA) is 48.5 Å². The number of hydrogen-bond acceptors (Lipinski definition) is 3. The maximum Gasteiger partial charge on any atom is 0.435 e. The molecule has 0 saturated heterocycles. The van der Waals surface area contributed by atoms with Gasteiger partial charge in [0.2, 0.25) is 0 Å². The predicted molar refractivity (Wildman–Crippen MR) is 140 cm³/mol. The zero-order valence-corrected chi connectivity index (χ0v) is 21.0. The average molecular weight is 502 g/mol. The number of aromatic nitrogens is 5. The highest BCUT2D eigenvalue weighted by Crippen LogP contribution is 2.33. The van der Waals surface area contributed by atoms with Crippen molar-refractivity contribution in [3.05, 3.63) is 95.2 Å². The molecule has 0 amide bonds. The number of hydrogen-bond donors (Lipinski definition) is 0. The molecular formula is C29H26F3N5. The third-order valence-electron chi connectivity index (χ3n) is 6.33. The van der Waals surface area contributed by atoms with Crippen molar-refractivity contribution < 1.29 is 13.2 Å². The van der Waals surface area contributed by atoms with Gasteiger partial charge < -0.3 is 4.57 Å². The summed E-state index contributed by atoms with van der Waals surface area (Å²) >= 11 is 0. The Morgan fingerprint density at radius 1 is 0.946 bits per heavy atom. The summed E-state index contributed by atoms with van der Waals surface area (Å²) in [7, 11) is 1.96. The lowest BCUT2D eigenvalue weighted by Crippen LogP contribution is -2.07. The van der Waals surface area contributed by atoms with Crippen LogP contribution in [0.2, 0.25) is 0 Å². The third-order valence-corrected chi connectivity index (χ3v) is 6.33. The van der Waals surface area contributed by atoms with E-state index in [2.05, 4.69) is 36.1 Å². The van der Waals surface area contributed by atoms with E-state index >= 15 is 0 Å². The SMILES string of the molecule is Cc1cc(C(F)(F)F)nn1-c1ccc(C=Cc2cc3c(ncn3C)c(-c3ccccc3C(C)C)n2)cc1. The van der Waals surface area contributed by atoms with E-state index < -0.39 is 11.9 Å². The molecule has 0 saturated carbocycles. The molecule has 188 valence electrons. The van der Waals surface area contributed by atoms with Crippen molar-refractivity contribution >= 4 is 23.2 Å². The standard InChI is InChI=1S/C29H26F3N5/c1-18(2)23-7-5-6-8-24(23)27-28-25(36(4)17-33-28)16-21(34-27)12-9-20-10-13-22(14-11-20)37-19(3)15-26(35-37)29(30,31)32/h5-18H,1-4H3. The Hall–Kier alpha value is -4.20. The summed E-state index contributed by atoms with van der Waals surface area (Å²) in [4.78, 5) is 9.58. The van der Waals surface area contributed by atoms with Gasteiger partial charge in [-0.3, -0.25) is 0 Å². The number of fused-ring (bicyclic) bond motifs is 1. The molecule has 0 aliphatic carbocycles. The van der Waals surface area contributed by atoms with E-state index in [9.17, 15) is 13.2 Å². The summed E-state index contributed by atoms with van der Waals surface area (Å²) < 4.78 is 42.4. The molecular weight excluding hydrogens is 475 g/mol. The Bertz CT molecular complexity index is 1610. The monoisotopic (exact) mass is 501 g/mol. The highest BCUT2D eigenvalue weighted by molar-refractivity contribution is 5.92. The quantitative estimate of drug-likeness (QED) is 0.251. The number of alkyl halides is 3. The summed E-state index contributed by atoms with van der Waals surface area (Å²) in [5.74, 6) is 0.333. The second kappa shape index (κ2) is 9.35. The number of nitrogens with zero attached hydrogens (tertiary/aromatic N) is 5. The van der Waals surface area contributed by atoms with E-state index in [-0.39, 0.29) is 0 Å². The molecule has 0 spiro atoms. The van der Waals surface area contributed by atoms with Crippen LogP contribution in [0.15, 0.2) is 67.0 Å². The van der Waals surface area contributed by atoms with E-state index in [0.717, 1.165) is 39.6 Å². The number of aryl methyl sites for hydroxylation is 2. The van der Waals surface area contributed by atoms with Gasteiger partial charge in [0, 0.05) is 18.3 Å². The fraction of sp³-hybridized carbons (Fsp3) is 0.207. The molecule has 0 aliphatic heterocycles. The minimum atomic E-state index is -4.48. The van der Waals surface area contributed by atoms with Crippen LogP contribution in [0.4, 0.5) is 13.2 Å². The summed E-state index contributed by atoms with van der Waals surface area (Å²) in [5, 5.41) is 3.72. The predicted octanol–water partition coefficient (Wildman–Crippen LogP) is 7.44. The summed E-state index contributed by atoms with van der Waals surface area (Å²) in [6.45, 7) is 5.93. The second-order valence-electron chi connectivity index (χ2n) is 9.37. The van der Waals surface area contributed by atoms with Crippen molar-refractivity contribution in [1.82, 2.24) is 24.3 Å². The van der Waals surface area contributed by atoms with E-state index in [4.69, 9.17) is 4.98 Å². The van der Waals surface area contributed by atoms with Crippen LogP contribution in [0, 0.1) is 6.92 Å². The lowest BCUT2D eigenvalue weighted by Gasteiger charge is -2.13. The van der Waals surface area contributed by atoms with Crippen molar-refractivity contribution in [1.29, 1.82) is 0 Å². The van der Waals surface area contributed by atoms with E-state index in [1.165, 1.54) is 10.2 Å². The fourth-order valence-electron chi connectivity index (χ4n) is 4.42. The van der Waals surface area contributed by atoms with Crippen LogP contribution in [-0.4, -0.2) is 24.3 Å². The molecule has 0 aliphatic rings. The van der Waals surface area contributed by atoms with Crippen molar-refractivity contribution in [2.45, 2.75) is 32.9 Å². The highest BCUT2D eigenvalue weighted by atomic mass is 19.4. The number of imidazole rings is 1. The molecule has 8 heteroatoms. The molecule has 0 unspecified atom stereocenters. The second-order valence-corrected chi connectivity index (χ2v) is 9.37. The molecule has 0 N–H and O–H groups in total. The van der Waals surface area contributed by atoms with E-state index in [0.29, 0.717) is 17.3 Å². The minimum absolute atomic E-state index is 0.333. The molecule has 2 aromatic carbocycles. The van der Waals surface area contributed by atoms with Gasteiger partial charge in [-0.1, -0.05) is 56.3 Å². The lowest BCUT2D eigenvalue weighted by atomic mass is 9.94. The number of benzene rings is 2. The van der Waals surface area contributed by atoms with E-state index in [1.807, 2.05) is 54.1 Å². The van der Waals surface area contributed by atoms with Crippen molar-refractivity contribution in [3.8, 4) is 16.9 Å². The zero-order valence-electron chi connectivity index (χ0n) is 21.0. The Kier molecular flexibility index (Phi) is 6.19. The van der Waals surface area contributed by atoms with Crippen molar-refractivity contribution in [2.75, 3.05) is 0 Å². The van der Waals surface area contributed by atoms with Gasteiger partial charge in [0.05, 0.1) is 28.9 Å². The van der Waals surface area contributed by atoms with E-state index in [1.54, 1.807) is 25.4 Å². The first-order valence-electron chi connectivity index (χ1n) is 12.0. The zero-order chi connectivity index (χ0) is 26.3. The smallest absolute Gasteiger partial charge is 0.334 e. The Balaban J connectivity index is 1.49. The van der Waals surface area contributed by atoms with Gasteiger partial charge >= 0.3 is 6.18 Å². The van der Waals surface area contributed by atoms with Gasteiger partial charge in [-0.15, -0.1) is 0 Å². The van der Waals surface area contributed by atoms with Gasteiger partial charge in [0.25, 0.3) is 0 Å². The summed E-state index contributed by atoms with van der Waals surface area (Å²) in [6.07, 6.45) is 1.18. The molecule has 5 nitrogen and oxygen atoms in total. The Morgan fingerprint density at radius 3 is 2.35 bits per heavy atom. The summed E-state index contributed by atoms with van der Waals surface area (Å²) in [5.41, 5.74) is 6.69. The largest absolute Gasteiger partial charge is 0.435 e. The van der Waals surface area contributed by atoms with Gasteiger partial charge in [-0.25, -0.2) is 14.6 Å². The Morgan fingerprint density at radius 2 is 1.68 bits per heavy atom. The van der Waals surface area contributed by atoms with Crippen molar-refractivity contribution in [3.63, 3.8) is 0 Å². The minimum Gasteiger partial charge on any atom is -0.334 e. The highest BCUT2D eigenvalue weighted by Gasteiger charge is 2.34. The van der Waals surface area contributed by atoms with Gasteiger partial charge in [0.15, 0.2) is 5.69 Å². The van der Waals surface area contributed by atoms with Crippen molar-refractivity contribution in [2.24, 2.45) is 7.05 Å². The van der Waals surface area contributed by atoms with Crippen LogP contribution in [0.25, 0.3) is 40.1 Å². The first-order chi connectivity index (χ1) is 17.6. The summed E-state index contributed by atoms with van der Waals surface area (Å²) in [6, 6.07) is 18.5. The van der Waals surface area contributed by atoms with Crippen LogP contribution in [0.3, 0.4) is 0 Å². The van der Waals surface area contributed by atoms with Gasteiger partial charge in [-0.05, 0) is 54.3 Å².